The Morgan fingerprint density at radius 2 is 1.94 bits per heavy atom. The first-order chi connectivity index (χ1) is 7.55. The van der Waals surface area contributed by atoms with Crippen molar-refractivity contribution in [2.75, 3.05) is 17.1 Å². The zero-order chi connectivity index (χ0) is 12.0. The zero-order valence-corrected chi connectivity index (χ0v) is 9.50. The van der Waals surface area contributed by atoms with Crippen LogP contribution in [0.25, 0.3) is 0 Å². The highest BCUT2D eigenvalue weighted by Crippen LogP contribution is 2.14. The van der Waals surface area contributed by atoms with E-state index in [-0.39, 0.29) is 18.0 Å². The summed E-state index contributed by atoms with van der Waals surface area (Å²) in [4.78, 5) is 0. The number of para-hydroxylation sites is 1. The lowest BCUT2D eigenvalue weighted by atomic mass is 10.3. The summed E-state index contributed by atoms with van der Waals surface area (Å²) in [7, 11) is -3.53. The van der Waals surface area contributed by atoms with Crippen molar-refractivity contribution in [2.45, 2.75) is 12.8 Å². The van der Waals surface area contributed by atoms with E-state index >= 15 is 0 Å². The van der Waals surface area contributed by atoms with Gasteiger partial charge in [0.25, 0.3) is 0 Å². The number of benzene rings is 1. The molecule has 0 bridgehead atoms. The van der Waals surface area contributed by atoms with Gasteiger partial charge in [-0.2, -0.15) is 0 Å². The monoisotopic (exact) mass is 247 g/mol. The molecule has 90 valence electrons. The molecule has 4 nitrogen and oxygen atoms in total. The Balaban J connectivity index is 2.63. The minimum Gasteiger partial charge on any atom is -0.396 e. The first kappa shape index (κ1) is 12.9. The van der Waals surface area contributed by atoms with Crippen LogP contribution in [0.5, 0.6) is 0 Å². The predicted molar refractivity (Wildman–Crippen MR) is 60.1 cm³/mol. The highest BCUT2D eigenvalue weighted by molar-refractivity contribution is 7.92. The van der Waals surface area contributed by atoms with Crippen molar-refractivity contribution in [3.8, 4) is 0 Å². The molecule has 0 amide bonds. The Hall–Kier alpha value is -1.14. The van der Waals surface area contributed by atoms with Crippen LogP contribution in [0.3, 0.4) is 0 Å². The fraction of sp³-hybridized carbons (Fsp3) is 0.400. The Labute approximate surface area is 94.2 Å². The molecule has 16 heavy (non-hydrogen) atoms. The van der Waals surface area contributed by atoms with Gasteiger partial charge in [0.15, 0.2) is 0 Å². The van der Waals surface area contributed by atoms with Gasteiger partial charge in [0.1, 0.15) is 5.82 Å². The van der Waals surface area contributed by atoms with Gasteiger partial charge < -0.3 is 5.11 Å². The average molecular weight is 247 g/mol. The van der Waals surface area contributed by atoms with Gasteiger partial charge in [0.2, 0.25) is 10.0 Å². The molecule has 0 heterocycles. The van der Waals surface area contributed by atoms with E-state index in [0.717, 1.165) is 0 Å². The fourth-order valence-electron chi connectivity index (χ4n) is 1.17. The van der Waals surface area contributed by atoms with Crippen LogP contribution in [0.15, 0.2) is 24.3 Å². The summed E-state index contributed by atoms with van der Waals surface area (Å²) < 4.78 is 38.2. The summed E-state index contributed by atoms with van der Waals surface area (Å²) in [6, 6.07) is 5.58. The number of halogens is 1. The Kier molecular flexibility index (Phi) is 4.70. The maximum absolute atomic E-state index is 13.1. The third-order valence-electron chi connectivity index (χ3n) is 1.96. The third kappa shape index (κ3) is 4.16. The summed E-state index contributed by atoms with van der Waals surface area (Å²) >= 11 is 0. The van der Waals surface area contributed by atoms with Crippen LogP contribution in [-0.4, -0.2) is 25.9 Å². The molecule has 2 N–H and O–H groups in total. The van der Waals surface area contributed by atoms with E-state index in [1.807, 2.05) is 0 Å². The smallest absolute Gasteiger partial charge is 0.232 e. The van der Waals surface area contributed by atoms with Gasteiger partial charge in [0, 0.05) is 6.61 Å². The molecule has 0 unspecified atom stereocenters. The van der Waals surface area contributed by atoms with E-state index in [1.165, 1.54) is 18.2 Å². The largest absolute Gasteiger partial charge is 0.396 e. The third-order valence-corrected chi connectivity index (χ3v) is 3.32. The fourth-order valence-corrected chi connectivity index (χ4v) is 2.35. The maximum Gasteiger partial charge on any atom is 0.232 e. The van der Waals surface area contributed by atoms with Gasteiger partial charge in [0.05, 0.1) is 11.4 Å². The van der Waals surface area contributed by atoms with Gasteiger partial charge in [-0.3, -0.25) is 4.72 Å². The molecule has 0 aromatic heterocycles. The molecule has 0 aliphatic heterocycles. The van der Waals surface area contributed by atoms with Crippen LogP contribution in [-0.2, 0) is 10.0 Å². The standard InChI is InChI=1S/C10H14FNO3S/c11-9-5-1-2-6-10(9)12-16(14,15)8-4-3-7-13/h1-2,5-6,12-13H,3-4,7-8H2. The number of anilines is 1. The summed E-state index contributed by atoms with van der Waals surface area (Å²) in [5.74, 6) is -0.727. The first-order valence-electron chi connectivity index (χ1n) is 4.91. The van der Waals surface area contributed by atoms with E-state index in [1.54, 1.807) is 6.07 Å². The van der Waals surface area contributed by atoms with Crippen molar-refractivity contribution in [1.82, 2.24) is 0 Å². The lowest BCUT2D eigenvalue weighted by Crippen LogP contribution is -2.17. The van der Waals surface area contributed by atoms with Crippen LogP contribution < -0.4 is 4.72 Å². The second kappa shape index (κ2) is 5.81. The van der Waals surface area contributed by atoms with E-state index in [0.29, 0.717) is 12.8 Å². The summed E-state index contributed by atoms with van der Waals surface area (Å²) in [6.45, 7) is -0.0464. The Morgan fingerprint density at radius 3 is 2.56 bits per heavy atom. The van der Waals surface area contributed by atoms with Gasteiger partial charge in [-0.1, -0.05) is 12.1 Å². The highest BCUT2D eigenvalue weighted by atomic mass is 32.2. The molecular weight excluding hydrogens is 233 g/mol. The Bertz CT molecular complexity index is 433. The second-order valence-corrected chi connectivity index (χ2v) is 5.17. The summed E-state index contributed by atoms with van der Waals surface area (Å²) in [5, 5.41) is 8.52. The SMILES string of the molecule is O=S(=O)(CCCCO)Nc1ccccc1F. The van der Waals surface area contributed by atoms with Crippen LogP contribution in [0.4, 0.5) is 10.1 Å². The van der Waals surface area contributed by atoms with Gasteiger partial charge >= 0.3 is 0 Å². The number of aliphatic hydroxyl groups excluding tert-OH is 1. The van der Waals surface area contributed by atoms with E-state index in [2.05, 4.69) is 4.72 Å². The molecule has 1 aromatic rings. The van der Waals surface area contributed by atoms with E-state index in [4.69, 9.17) is 5.11 Å². The molecule has 0 saturated heterocycles. The van der Waals surface area contributed by atoms with E-state index in [9.17, 15) is 12.8 Å². The van der Waals surface area contributed by atoms with Crippen molar-refractivity contribution < 1.29 is 17.9 Å². The van der Waals surface area contributed by atoms with Crippen molar-refractivity contribution >= 4 is 15.7 Å². The summed E-state index contributed by atoms with van der Waals surface area (Å²) in [5.41, 5.74) is -0.0495. The molecule has 6 heteroatoms. The molecule has 0 aliphatic rings. The number of aliphatic hydroxyl groups is 1. The average Bonchev–Trinajstić information content (AvgIpc) is 2.21. The quantitative estimate of drug-likeness (QED) is 0.745. The molecule has 0 saturated carbocycles. The van der Waals surface area contributed by atoms with Crippen LogP contribution >= 0.6 is 0 Å². The topological polar surface area (TPSA) is 66.4 Å². The number of sulfonamides is 1. The molecule has 1 aromatic carbocycles. The number of unbranched alkanes of at least 4 members (excludes halogenated alkanes) is 1. The first-order valence-corrected chi connectivity index (χ1v) is 6.56. The number of nitrogens with one attached hydrogen (secondary N) is 1. The molecule has 1 rings (SSSR count). The van der Waals surface area contributed by atoms with Crippen molar-refractivity contribution in [2.24, 2.45) is 0 Å². The normalized spacial score (nSPS) is 11.4. The molecule has 0 fully saturated rings. The number of hydrogen-bond donors (Lipinski definition) is 2. The van der Waals surface area contributed by atoms with Crippen LogP contribution in [0.2, 0.25) is 0 Å². The maximum atomic E-state index is 13.1. The highest BCUT2D eigenvalue weighted by Gasteiger charge is 2.11. The van der Waals surface area contributed by atoms with Crippen LogP contribution in [0, 0.1) is 5.82 Å². The number of rotatable bonds is 6. The number of hydrogen-bond acceptors (Lipinski definition) is 3. The molecule has 0 spiro atoms. The minimum absolute atomic E-state index is 0.0464. The van der Waals surface area contributed by atoms with Gasteiger partial charge in [-0.15, -0.1) is 0 Å². The molecule has 0 atom stereocenters. The molecular formula is C10H14FNO3S. The van der Waals surface area contributed by atoms with Crippen molar-refractivity contribution in [3.05, 3.63) is 30.1 Å². The van der Waals surface area contributed by atoms with Gasteiger partial charge in [-0.05, 0) is 25.0 Å². The predicted octanol–water partition coefficient (Wildman–Crippen LogP) is 1.34. The molecule has 0 aliphatic carbocycles. The van der Waals surface area contributed by atoms with Crippen molar-refractivity contribution in [3.63, 3.8) is 0 Å². The van der Waals surface area contributed by atoms with E-state index < -0.39 is 15.8 Å². The lowest BCUT2D eigenvalue weighted by Gasteiger charge is -2.07. The Morgan fingerprint density at radius 1 is 1.25 bits per heavy atom. The summed E-state index contributed by atoms with van der Waals surface area (Å²) in [6.07, 6.45) is 0.762. The zero-order valence-electron chi connectivity index (χ0n) is 8.69. The van der Waals surface area contributed by atoms with Crippen LogP contribution in [0.1, 0.15) is 12.8 Å². The van der Waals surface area contributed by atoms with Crippen molar-refractivity contribution in [1.29, 1.82) is 0 Å². The molecule has 0 radical (unpaired) electrons. The lowest BCUT2D eigenvalue weighted by molar-refractivity contribution is 0.287. The van der Waals surface area contributed by atoms with Gasteiger partial charge in [-0.25, -0.2) is 12.8 Å². The minimum atomic E-state index is -3.53. The second-order valence-electron chi connectivity index (χ2n) is 3.33.